The van der Waals surface area contributed by atoms with Gasteiger partial charge < -0.3 is 20.4 Å². The number of hydrogen-bond donors (Lipinski definition) is 2. The Kier molecular flexibility index (Phi) is 4.30. The number of halogens is 1. The predicted molar refractivity (Wildman–Crippen MR) is 108 cm³/mol. The highest BCUT2D eigenvalue weighted by molar-refractivity contribution is 6.31. The van der Waals surface area contributed by atoms with Gasteiger partial charge >= 0.3 is 0 Å². The van der Waals surface area contributed by atoms with Crippen molar-refractivity contribution in [3.63, 3.8) is 0 Å². The lowest BCUT2D eigenvalue weighted by atomic mass is 10.0. The van der Waals surface area contributed by atoms with Crippen molar-refractivity contribution in [2.75, 3.05) is 50.0 Å². The molecular weight excluding hydrogens is 364 g/mol. The van der Waals surface area contributed by atoms with E-state index in [4.69, 9.17) is 22.1 Å². The van der Waals surface area contributed by atoms with Gasteiger partial charge in [0.25, 0.3) is 0 Å². The normalized spacial score (nSPS) is 20.0. The van der Waals surface area contributed by atoms with Crippen LogP contribution in [-0.2, 0) is 4.74 Å². The zero-order valence-corrected chi connectivity index (χ0v) is 15.9. The summed E-state index contributed by atoms with van der Waals surface area (Å²) in [6.07, 6.45) is 5.68. The van der Waals surface area contributed by atoms with E-state index in [1.807, 2.05) is 6.07 Å². The second kappa shape index (κ2) is 6.82. The number of ether oxygens (including phenoxy) is 1. The van der Waals surface area contributed by atoms with Crippen LogP contribution in [0.25, 0.3) is 21.9 Å². The van der Waals surface area contributed by atoms with Crippen LogP contribution in [0.3, 0.4) is 0 Å². The Morgan fingerprint density at radius 1 is 1.11 bits per heavy atom. The van der Waals surface area contributed by atoms with Crippen molar-refractivity contribution in [3.05, 3.63) is 23.5 Å². The maximum atomic E-state index is 6.34. The lowest BCUT2D eigenvalue weighted by molar-refractivity contribution is 0.0115. The van der Waals surface area contributed by atoms with Crippen molar-refractivity contribution in [1.82, 2.24) is 19.9 Å². The minimum Gasteiger partial charge on any atom is -0.382 e. The van der Waals surface area contributed by atoms with Crippen LogP contribution in [-0.4, -0.2) is 65.3 Å². The summed E-state index contributed by atoms with van der Waals surface area (Å²) in [5.41, 5.74) is 9.09. The molecule has 0 aliphatic carbocycles. The predicted octanol–water partition coefficient (Wildman–Crippen LogP) is 2.65. The number of fused-ring (bicyclic) bond motifs is 3. The Morgan fingerprint density at radius 3 is 2.67 bits per heavy atom. The van der Waals surface area contributed by atoms with Crippen LogP contribution < -0.4 is 10.6 Å². The average molecular weight is 387 g/mol. The standard InChI is InChI=1S/C19H23ClN6O/c20-12-9-14-16-15(24-19(14)23-10-12)11-22-18(21)17(16)26-3-1-13(2-4-26)25-5-7-27-8-6-25/h9-11,13H,1-8H2,(H2,21,22)(H,23,24). The first kappa shape index (κ1) is 17.0. The first-order valence-electron chi connectivity index (χ1n) is 9.49. The number of piperidine rings is 1. The molecule has 0 atom stereocenters. The van der Waals surface area contributed by atoms with Crippen molar-refractivity contribution in [1.29, 1.82) is 0 Å². The number of morpholine rings is 1. The van der Waals surface area contributed by atoms with E-state index in [-0.39, 0.29) is 0 Å². The van der Waals surface area contributed by atoms with Crippen molar-refractivity contribution in [2.45, 2.75) is 18.9 Å². The van der Waals surface area contributed by atoms with Crippen molar-refractivity contribution in [3.8, 4) is 0 Å². The molecule has 0 saturated carbocycles. The average Bonchev–Trinajstić information content (AvgIpc) is 3.07. The molecule has 0 aromatic carbocycles. The molecule has 2 fully saturated rings. The van der Waals surface area contributed by atoms with Gasteiger partial charge in [-0.3, -0.25) is 4.90 Å². The number of aromatic nitrogens is 3. The molecule has 7 nitrogen and oxygen atoms in total. The fraction of sp³-hybridized carbons (Fsp3) is 0.474. The van der Waals surface area contributed by atoms with E-state index < -0.39 is 0 Å². The van der Waals surface area contributed by atoms with Crippen LogP contribution in [0, 0.1) is 0 Å². The molecule has 5 heterocycles. The van der Waals surface area contributed by atoms with Gasteiger partial charge in [-0.25, -0.2) is 9.97 Å². The largest absolute Gasteiger partial charge is 0.382 e. The molecule has 5 rings (SSSR count). The number of nitrogen functional groups attached to an aromatic ring is 1. The van der Waals surface area contributed by atoms with Gasteiger partial charge in [0.2, 0.25) is 0 Å². The highest BCUT2D eigenvalue weighted by Gasteiger charge is 2.28. The Balaban J connectivity index is 1.49. The Hall–Kier alpha value is -2.09. The Morgan fingerprint density at radius 2 is 1.89 bits per heavy atom. The van der Waals surface area contributed by atoms with E-state index in [2.05, 4.69) is 24.8 Å². The molecule has 2 saturated heterocycles. The van der Waals surface area contributed by atoms with E-state index in [1.165, 1.54) is 0 Å². The number of H-pyrrole nitrogens is 1. The van der Waals surface area contributed by atoms with Gasteiger partial charge in [0.1, 0.15) is 11.5 Å². The Labute approximate surface area is 162 Å². The molecule has 27 heavy (non-hydrogen) atoms. The number of aromatic amines is 1. The summed E-state index contributed by atoms with van der Waals surface area (Å²) in [5.74, 6) is 0.563. The lowest BCUT2D eigenvalue weighted by Gasteiger charge is -2.41. The molecule has 3 aromatic rings. The third kappa shape index (κ3) is 2.99. The minimum atomic E-state index is 0.563. The number of hydrogen-bond acceptors (Lipinski definition) is 6. The van der Waals surface area contributed by atoms with Crippen molar-refractivity contribution in [2.24, 2.45) is 0 Å². The zero-order chi connectivity index (χ0) is 18.4. The summed E-state index contributed by atoms with van der Waals surface area (Å²) in [5, 5.41) is 2.69. The number of nitrogens with one attached hydrogen (secondary N) is 1. The van der Waals surface area contributed by atoms with Crippen LogP contribution in [0.15, 0.2) is 18.5 Å². The van der Waals surface area contributed by atoms with Crippen LogP contribution >= 0.6 is 11.6 Å². The molecule has 142 valence electrons. The minimum absolute atomic E-state index is 0.563. The smallest absolute Gasteiger partial charge is 0.147 e. The molecule has 2 aliphatic heterocycles. The van der Waals surface area contributed by atoms with Gasteiger partial charge in [-0.15, -0.1) is 0 Å². The fourth-order valence-electron chi connectivity index (χ4n) is 4.46. The molecule has 2 aliphatic rings. The number of rotatable bonds is 2. The molecule has 0 bridgehead atoms. The molecule has 0 amide bonds. The number of anilines is 2. The van der Waals surface area contributed by atoms with Gasteiger partial charge in [0.15, 0.2) is 0 Å². The van der Waals surface area contributed by atoms with E-state index >= 15 is 0 Å². The molecule has 8 heteroatoms. The maximum Gasteiger partial charge on any atom is 0.147 e. The van der Waals surface area contributed by atoms with Gasteiger partial charge in [-0.05, 0) is 18.9 Å². The van der Waals surface area contributed by atoms with Crippen LogP contribution in [0.2, 0.25) is 5.02 Å². The summed E-state index contributed by atoms with van der Waals surface area (Å²) < 4.78 is 5.49. The Bertz CT molecular complexity index is 975. The zero-order valence-electron chi connectivity index (χ0n) is 15.1. The summed E-state index contributed by atoms with van der Waals surface area (Å²) >= 11 is 6.21. The third-order valence-electron chi connectivity index (χ3n) is 5.80. The van der Waals surface area contributed by atoms with E-state index in [9.17, 15) is 0 Å². The number of nitrogens with two attached hydrogens (primary N) is 1. The maximum absolute atomic E-state index is 6.34. The highest BCUT2D eigenvalue weighted by atomic mass is 35.5. The van der Waals surface area contributed by atoms with Crippen LogP contribution in [0.1, 0.15) is 12.8 Å². The summed E-state index contributed by atoms with van der Waals surface area (Å²) in [6.45, 7) is 5.70. The molecule has 0 radical (unpaired) electrons. The second-order valence-corrected chi connectivity index (χ2v) is 7.76. The quantitative estimate of drug-likeness (QED) is 0.704. The SMILES string of the molecule is Nc1ncc2[nH]c3ncc(Cl)cc3c2c1N1CCC(N2CCOCC2)CC1. The number of nitrogens with zero attached hydrogens (tertiary/aromatic N) is 4. The topological polar surface area (TPSA) is 83.3 Å². The van der Waals surface area contributed by atoms with E-state index in [0.29, 0.717) is 16.9 Å². The van der Waals surface area contributed by atoms with E-state index in [1.54, 1.807) is 12.4 Å². The molecule has 3 N–H and O–H groups in total. The lowest BCUT2D eigenvalue weighted by Crippen LogP contribution is -2.49. The van der Waals surface area contributed by atoms with Gasteiger partial charge in [-0.2, -0.15) is 0 Å². The van der Waals surface area contributed by atoms with Crippen LogP contribution in [0.5, 0.6) is 0 Å². The third-order valence-corrected chi connectivity index (χ3v) is 6.01. The fourth-order valence-corrected chi connectivity index (χ4v) is 4.62. The van der Waals surface area contributed by atoms with Crippen molar-refractivity contribution >= 4 is 45.0 Å². The first-order chi connectivity index (χ1) is 13.2. The molecule has 0 unspecified atom stereocenters. The summed E-state index contributed by atoms with van der Waals surface area (Å²) in [7, 11) is 0. The first-order valence-corrected chi connectivity index (χ1v) is 9.86. The van der Waals surface area contributed by atoms with E-state index in [0.717, 1.165) is 79.9 Å². The summed E-state index contributed by atoms with van der Waals surface area (Å²) in [4.78, 5) is 17.1. The molecule has 3 aromatic heterocycles. The van der Waals surface area contributed by atoms with Gasteiger partial charge in [-0.1, -0.05) is 11.6 Å². The monoisotopic (exact) mass is 386 g/mol. The van der Waals surface area contributed by atoms with Gasteiger partial charge in [0, 0.05) is 49.2 Å². The number of pyridine rings is 2. The second-order valence-electron chi connectivity index (χ2n) is 7.32. The van der Waals surface area contributed by atoms with Gasteiger partial charge in [0.05, 0.1) is 35.6 Å². The van der Waals surface area contributed by atoms with Crippen LogP contribution in [0.4, 0.5) is 11.5 Å². The molecule has 0 spiro atoms. The highest BCUT2D eigenvalue weighted by Crippen LogP contribution is 2.38. The van der Waals surface area contributed by atoms with Crippen molar-refractivity contribution < 1.29 is 4.74 Å². The summed E-state index contributed by atoms with van der Waals surface area (Å²) in [6, 6.07) is 2.57. The molecular formula is C19H23ClN6O.